The molecular weight excluding hydrogens is 293 g/mol. The molecule has 0 radical (unpaired) electrons. The van der Waals surface area contributed by atoms with Crippen LogP contribution in [0.1, 0.15) is 36.2 Å². The predicted molar refractivity (Wildman–Crippen MR) is 90.0 cm³/mol. The second-order valence-corrected chi connectivity index (χ2v) is 5.52. The summed E-state index contributed by atoms with van der Waals surface area (Å²) in [5.74, 6) is 0.329. The second-order valence-electron chi connectivity index (χ2n) is 5.52. The topological polar surface area (TPSA) is 54.0 Å². The number of benzene rings is 1. The molecule has 0 aliphatic carbocycles. The standard InChI is InChI=1S/C18H22FN3O/c1-3-13(2)22-18(23)15-9-11-21-17(12-15)20-10-8-14-4-6-16(19)7-5-14/h4-7,9,11-13H,3,8,10H2,1-2H3,(H,20,21)(H,22,23). The molecule has 1 amide bonds. The van der Waals surface area contributed by atoms with Crippen molar-refractivity contribution in [2.75, 3.05) is 11.9 Å². The number of carbonyl (C=O) groups excluding carboxylic acids is 1. The molecule has 122 valence electrons. The van der Waals surface area contributed by atoms with Gasteiger partial charge >= 0.3 is 0 Å². The third-order valence-corrected chi connectivity index (χ3v) is 3.65. The normalized spacial score (nSPS) is 11.8. The van der Waals surface area contributed by atoms with E-state index in [1.807, 2.05) is 13.8 Å². The highest BCUT2D eigenvalue weighted by Gasteiger charge is 2.09. The van der Waals surface area contributed by atoms with Crippen molar-refractivity contribution in [1.29, 1.82) is 0 Å². The van der Waals surface area contributed by atoms with Crippen molar-refractivity contribution in [3.63, 3.8) is 0 Å². The number of halogens is 1. The average molecular weight is 315 g/mol. The van der Waals surface area contributed by atoms with Gasteiger partial charge in [-0.1, -0.05) is 19.1 Å². The molecule has 1 aromatic heterocycles. The van der Waals surface area contributed by atoms with Crippen molar-refractivity contribution in [2.45, 2.75) is 32.7 Å². The molecule has 1 heterocycles. The fourth-order valence-electron chi connectivity index (χ4n) is 2.06. The van der Waals surface area contributed by atoms with Gasteiger partial charge in [-0.05, 0) is 49.6 Å². The van der Waals surface area contributed by atoms with Crippen LogP contribution in [0.4, 0.5) is 10.2 Å². The Bertz CT molecular complexity index is 643. The highest BCUT2D eigenvalue weighted by Crippen LogP contribution is 2.09. The van der Waals surface area contributed by atoms with Crippen molar-refractivity contribution in [3.05, 3.63) is 59.5 Å². The van der Waals surface area contributed by atoms with E-state index >= 15 is 0 Å². The van der Waals surface area contributed by atoms with Crippen LogP contribution in [0.2, 0.25) is 0 Å². The summed E-state index contributed by atoms with van der Waals surface area (Å²) < 4.78 is 12.8. The average Bonchev–Trinajstić information content (AvgIpc) is 2.57. The highest BCUT2D eigenvalue weighted by molar-refractivity contribution is 5.94. The van der Waals surface area contributed by atoms with Crippen LogP contribution in [-0.4, -0.2) is 23.5 Å². The van der Waals surface area contributed by atoms with Gasteiger partial charge < -0.3 is 10.6 Å². The number of nitrogens with zero attached hydrogens (tertiary/aromatic N) is 1. The van der Waals surface area contributed by atoms with Crippen LogP contribution in [-0.2, 0) is 6.42 Å². The van der Waals surface area contributed by atoms with E-state index in [1.165, 1.54) is 12.1 Å². The van der Waals surface area contributed by atoms with Crippen LogP contribution in [0.3, 0.4) is 0 Å². The number of anilines is 1. The first-order chi connectivity index (χ1) is 11.1. The molecule has 2 rings (SSSR count). The summed E-state index contributed by atoms with van der Waals surface area (Å²) >= 11 is 0. The Kier molecular flexibility index (Phi) is 6.09. The maximum Gasteiger partial charge on any atom is 0.251 e. The highest BCUT2D eigenvalue weighted by atomic mass is 19.1. The van der Waals surface area contributed by atoms with Gasteiger partial charge in [-0.25, -0.2) is 9.37 Å². The molecule has 0 aliphatic rings. The Morgan fingerprint density at radius 1 is 1.26 bits per heavy atom. The third kappa shape index (κ3) is 5.36. The summed E-state index contributed by atoms with van der Waals surface area (Å²) in [5.41, 5.74) is 1.63. The third-order valence-electron chi connectivity index (χ3n) is 3.65. The van der Waals surface area contributed by atoms with Gasteiger partial charge in [0, 0.05) is 24.3 Å². The second kappa shape index (κ2) is 8.27. The first-order valence-corrected chi connectivity index (χ1v) is 7.83. The zero-order valence-electron chi connectivity index (χ0n) is 13.5. The smallest absolute Gasteiger partial charge is 0.251 e. The summed E-state index contributed by atoms with van der Waals surface area (Å²) in [4.78, 5) is 16.3. The van der Waals surface area contributed by atoms with Gasteiger partial charge in [0.1, 0.15) is 11.6 Å². The minimum absolute atomic E-state index is 0.0941. The number of hydrogen-bond donors (Lipinski definition) is 2. The monoisotopic (exact) mass is 315 g/mol. The SMILES string of the molecule is CCC(C)NC(=O)c1ccnc(NCCc2ccc(F)cc2)c1. The maximum absolute atomic E-state index is 12.8. The Hall–Kier alpha value is -2.43. The minimum Gasteiger partial charge on any atom is -0.370 e. The van der Waals surface area contributed by atoms with Gasteiger partial charge in [-0.2, -0.15) is 0 Å². The largest absolute Gasteiger partial charge is 0.370 e. The molecule has 2 aromatic rings. The predicted octanol–water partition coefficient (Wildman–Crippen LogP) is 3.40. The molecular formula is C18H22FN3O. The lowest BCUT2D eigenvalue weighted by atomic mass is 10.1. The number of nitrogens with one attached hydrogen (secondary N) is 2. The molecule has 1 atom stereocenters. The van der Waals surface area contributed by atoms with Gasteiger partial charge in [-0.15, -0.1) is 0 Å². The molecule has 0 saturated carbocycles. The first kappa shape index (κ1) is 16.9. The minimum atomic E-state index is -0.233. The van der Waals surface area contributed by atoms with E-state index in [0.29, 0.717) is 17.9 Å². The molecule has 1 unspecified atom stereocenters. The number of pyridine rings is 1. The van der Waals surface area contributed by atoms with E-state index in [1.54, 1.807) is 30.5 Å². The molecule has 0 bridgehead atoms. The van der Waals surface area contributed by atoms with Gasteiger partial charge in [0.25, 0.3) is 5.91 Å². The van der Waals surface area contributed by atoms with E-state index < -0.39 is 0 Å². The van der Waals surface area contributed by atoms with Crippen molar-refractivity contribution in [1.82, 2.24) is 10.3 Å². The van der Waals surface area contributed by atoms with Gasteiger partial charge in [0.2, 0.25) is 0 Å². The summed E-state index contributed by atoms with van der Waals surface area (Å²) in [6.07, 6.45) is 3.26. The van der Waals surface area contributed by atoms with Crippen LogP contribution >= 0.6 is 0 Å². The Morgan fingerprint density at radius 2 is 2.00 bits per heavy atom. The molecule has 5 heteroatoms. The lowest BCUT2D eigenvalue weighted by Crippen LogP contribution is -2.31. The van der Waals surface area contributed by atoms with E-state index in [9.17, 15) is 9.18 Å². The van der Waals surface area contributed by atoms with E-state index in [4.69, 9.17) is 0 Å². The summed E-state index contributed by atoms with van der Waals surface area (Å²) in [6.45, 7) is 4.66. The van der Waals surface area contributed by atoms with Crippen LogP contribution < -0.4 is 10.6 Å². The van der Waals surface area contributed by atoms with E-state index in [-0.39, 0.29) is 17.8 Å². The van der Waals surface area contributed by atoms with Crippen LogP contribution in [0.25, 0.3) is 0 Å². The molecule has 0 aliphatic heterocycles. The van der Waals surface area contributed by atoms with Crippen LogP contribution in [0.5, 0.6) is 0 Å². The fourth-order valence-corrected chi connectivity index (χ4v) is 2.06. The molecule has 0 fully saturated rings. The van der Waals surface area contributed by atoms with Crippen molar-refractivity contribution in [2.24, 2.45) is 0 Å². The molecule has 0 saturated heterocycles. The fraction of sp³-hybridized carbons (Fsp3) is 0.333. The van der Waals surface area contributed by atoms with Crippen LogP contribution in [0.15, 0.2) is 42.6 Å². The lowest BCUT2D eigenvalue weighted by Gasteiger charge is -2.12. The van der Waals surface area contributed by atoms with Crippen molar-refractivity contribution >= 4 is 11.7 Å². The van der Waals surface area contributed by atoms with Crippen molar-refractivity contribution < 1.29 is 9.18 Å². The number of rotatable bonds is 7. The first-order valence-electron chi connectivity index (χ1n) is 7.83. The quantitative estimate of drug-likeness (QED) is 0.823. The maximum atomic E-state index is 12.8. The number of aromatic nitrogens is 1. The molecule has 2 N–H and O–H groups in total. The van der Waals surface area contributed by atoms with Crippen LogP contribution in [0, 0.1) is 5.82 Å². The summed E-state index contributed by atoms with van der Waals surface area (Å²) in [7, 11) is 0. The lowest BCUT2D eigenvalue weighted by molar-refractivity contribution is 0.0939. The molecule has 0 spiro atoms. The van der Waals surface area contributed by atoms with Gasteiger partial charge in [0.15, 0.2) is 0 Å². The summed E-state index contributed by atoms with van der Waals surface area (Å²) in [5, 5.41) is 6.12. The van der Waals surface area contributed by atoms with Crippen molar-refractivity contribution in [3.8, 4) is 0 Å². The van der Waals surface area contributed by atoms with Gasteiger partial charge in [-0.3, -0.25) is 4.79 Å². The molecule has 23 heavy (non-hydrogen) atoms. The number of hydrogen-bond acceptors (Lipinski definition) is 3. The summed E-state index contributed by atoms with van der Waals surface area (Å²) in [6, 6.07) is 10.0. The Labute approximate surface area is 136 Å². The Morgan fingerprint density at radius 3 is 2.70 bits per heavy atom. The number of carbonyl (C=O) groups is 1. The number of amides is 1. The van der Waals surface area contributed by atoms with E-state index in [0.717, 1.165) is 18.4 Å². The van der Waals surface area contributed by atoms with E-state index in [2.05, 4.69) is 15.6 Å². The zero-order chi connectivity index (χ0) is 16.7. The molecule has 1 aromatic carbocycles. The Balaban J connectivity index is 1.89. The zero-order valence-corrected chi connectivity index (χ0v) is 13.5. The van der Waals surface area contributed by atoms with Gasteiger partial charge in [0.05, 0.1) is 0 Å². The molecule has 4 nitrogen and oxygen atoms in total.